The molecule has 0 spiro atoms. The molecule has 0 saturated carbocycles. The van der Waals surface area contributed by atoms with Crippen LogP contribution in [0.3, 0.4) is 0 Å². The van der Waals surface area contributed by atoms with E-state index in [1.807, 2.05) is 13.8 Å². The van der Waals surface area contributed by atoms with Crippen LogP contribution in [0.2, 0.25) is 0 Å². The van der Waals surface area contributed by atoms with Crippen LogP contribution >= 0.6 is 0 Å². The molecular formula is C15H23NO5. The second-order valence-electron chi connectivity index (χ2n) is 4.95. The molecule has 2 N–H and O–H groups in total. The van der Waals surface area contributed by atoms with Gasteiger partial charge in [0.25, 0.3) is 0 Å². The van der Waals surface area contributed by atoms with Gasteiger partial charge in [0.05, 0.1) is 26.9 Å². The predicted octanol–water partition coefficient (Wildman–Crippen LogP) is 1.91. The normalized spacial score (nSPS) is 12.1. The minimum Gasteiger partial charge on any atom is -0.496 e. The molecule has 0 amide bonds. The van der Waals surface area contributed by atoms with Gasteiger partial charge in [0.2, 0.25) is 0 Å². The van der Waals surface area contributed by atoms with Gasteiger partial charge < -0.3 is 19.3 Å². The highest BCUT2D eigenvalue weighted by atomic mass is 16.5. The zero-order chi connectivity index (χ0) is 16.0. The molecule has 1 rings (SSSR count). The van der Waals surface area contributed by atoms with Gasteiger partial charge in [0.15, 0.2) is 0 Å². The summed E-state index contributed by atoms with van der Waals surface area (Å²) in [4.78, 5) is 11.2. The second-order valence-corrected chi connectivity index (χ2v) is 4.95. The fourth-order valence-electron chi connectivity index (χ4n) is 2.07. The maximum absolute atomic E-state index is 11.2. The lowest BCUT2D eigenvalue weighted by atomic mass is 10.0. The van der Waals surface area contributed by atoms with Crippen molar-refractivity contribution < 1.29 is 24.1 Å². The molecule has 0 aliphatic heterocycles. The lowest BCUT2D eigenvalue weighted by molar-refractivity contribution is -0.140. The number of carboxylic acid groups (broad SMARTS) is 1. The summed E-state index contributed by atoms with van der Waals surface area (Å²) in [6, 6.07) is 2.84. The van der Waals surface area contributed by atoms with E-state index < -0.39 is 12.0 Å². The van der Waals surface area contributed by atoms with Gasteiger partial charge >= 0.3 is 5.97 Å². The fraction of sp³-hybridized carbons (Fsp3) is 0.533. The highest BCUT2D eigenvalue weighted by Gasteiger charge is 2.22. The molecule has 118 valence electrons. The molecule has 0 aliphatic carbocycles. The van der Waals surface area contributed by atoms with Crippen LogP contribution in [0.5, 0.6) is 17.2 Å². The minimum absolute atomic E-state index is 0.0299. The molecule has 0 fully saturated rings. The topological polar surface area (TPSA) is 77.0 Å². The van der Waals surface area contributed by atoms with Gasteiger partial charge in [-0.3, -0.25) is 10.1 Å². The van der Waals surface area contributed by atoms with E-state index in [0.29, 0.717) is 23.8 Å². The number of nitrogens with one attached hydrogen (secondary N) is 1. The summed E-state index contributed by atoms with van der Waals surface area (Å²) < 4.78 is 15.9. The summed E-state index contributed by atoms with van der Waals surface area (Å²) in [5, 5.41) is 12.2. The lowest BCUT2D eigenvalue weighted by Gasteiger charge is -2.20. The minimum atomic E-state index is -0.878. The molecular weight excluding hydrogens is 274 g/mol. The zero-order valence-electron chi connectivity index (χ0n) is 13.1. The smallest absolute Gasteiger partial charge is 0.320 e. The van der Waals surface area contributed by atoms with E-state index in [2.05, 4.69) is 5.32 Å². The van der Waals surface area contributed by atoms with Crippen LogP contribution in [-0.4, -0.2) is 38.4 Å². The van der Waals surface area contributed by atoms with E-state index in [4.69, 9.17) is 14.2 Å². The maximum Gasteiger partial charge on any atom is 0.320 e. The van der Waals surface area contributed by atoms with Crippen molar-refractivity contribution in [2.24, 2.45) is 5.92 Å². The molecule has 0 saturated heterocycles. The quantitative estimate of drug-likeness (QED) is 0.763. The first kappa shape index (κ1) is 17.1. The van der Waals surface area contributed by atoms with Crippen LogP contribution in [0.15, 0.2) is 12.1 Å². The van der Waals surface area contributed by atoms with Crippen molar-refractivity contribution in [3.63, 3.8) is 0 Å². The molecule has 6 nitrogen and oxygen atoms in total. The molecule has 1 aromatic carbocycles. The first-order valence-electron chi connectivity index (χ1n) is 6.69. The van der Waals surface area contributed by atoms with Crippen LogP contribution in [0.4, 0.5) is 0 Å². The largest absolute Gasteiger partial charge is 0.496 e. The van der Waals surface area contributed by atoms with E-state index in [1.165, 1.54) is 0 Å². The Hall–Kier alpha value is -1.95. The third kappa shape index (κ3) is 4.26. The summed E-state index contributed by atoms with van der Waals surface area (Å²) >= 11 is 0. The number of methoxy groups -OCH3 is 3. The average molecular weight is 297 g/mol. The van der Waals surface area contributed by atoms with Crippen LogP contribution in [0, 0.1) is 5.92 Å². The third-order valence-corrected chi connectivity index (χ3v) is 3.25. The van der Waals surface area contributed by atoms with E-state index in [1.54, 1.807) is 33.5 Å². The van der Waals surface area contributed by atoms with E-state index in [0.717, 1.165) is 5.56 Å². The Morgan fingerprint density at radius 2 is 1.67 bits per heavy atom. The number of aliphatic carboxylic acids is 1. The Morgan fingerprint density at radius 3 is 2.00 bits per heavy atom. The SMILES string of the molecule is COc1cc(OC)c(CNC(C(=O)O)C(C)C)c(OC)c1. The Morgan fingerprint density at radius 1 is 1.14 bits per heavy atom. The molecule has 1 aromatic rings. The molecule has 21 heavy (non-hydrogen) atoms. The van der Waals surface area contributed by atoms with Crippen LogP contribution in [-0.2, 0) is 11.3 Å². The zero-order valence-corrected chi connectivity index (χ0v) is 13.1. The highest BCUT2D eigenvalue weighted by Crippen LogP contribution is 2.34. The van der Waals surface area contributed by atoms with Crippen LogP contribution in [0.25, 0.3) is 0 Å². The Bertz CT molecular complexity index is 462. The van der Waals surface area contributed by atoms with Gasteiger partial charge in [-0.1, -0.05) is 13.8 Å². The standard InChI is InChI=1S/C15H23NO5/c1-9(2)14(15(17)18)16-8-11-12(20-4)6-10(19-3)7-13(11)21-5/h6-7,9,14,16H,8H2,1-5H3,(H,17,18). The van der Waals surface area contributed by atoms with Crippen LogP contribution < -0.4 is 19.5 Å². The van der Waals surface area contributed by atoms with Gasteiger partial charge in [-0.15, -0.1) is 0 Å². The van der Waals surface area contributed by atoms with Crippen molar-refractivity contribution in [2.45, 2.75) is 26.4 Å². The van der Waals surface area contributed by atoms with Crippen molar-refractivity contribution in [1.82, 2.24) is 5.32 Å². The van der Waals surface area contributed by atoms with Gasteiger partial charge in [-0.05, 0) is 5.92 Å². The Labute approximate surface area is 125 Å². The number of carboxylic acids is 1. The lowest BCUT2D eigenvalue weighted by Crippen LogP contribution is -2.40. The second kappa shape index (κ2) is 7.73. The summed E-state index contributed by atoms with van der Waals surface area (Å²) in [5.74, 6) is 0.887. The molecule has 1 atom stereocenters. The van der Waals surface area contributed by atoms with Crippen LogP contribution in [0.1, 0.15) is 19.4 Å². The van der Waals surface area contributed by atoms with Crippen molar-refractivity contribution in [2.75, 3.05) is 21.3 Å². The number of ether oxygens (including phenoxy) is 3. The summed E-state index contributed by atoms with van der Waals surface area (Å²) in [7, 11) is 4.66. The summed E-state index contributed by atoms with van der Waals surface area (Å²) in [6.07, 6.45) is 0. The number of hydrogen-bond donors (Lipinski definition) is 2. The first-order chi connectivity index (χ1) is 9.94. The van der Waals surface area contributed by atoms with E-state index in [-0.39, 0.29) is 5.92 Å². The summed E-state index contributed by atoms with van der Waals surface area (Å²) in [6.45, 7) is 4.04. The fourth-order valence-corrected chi connectivity index (χ4v) is 2.07. The molecule has 6 heteroatoms. The van der Waals surface area contributed by atoms with Gasteiger partial charge in [0, 0.05) is 18.7 Å². The van der Waals surface area contributed by atoms with Gasteiger partial charge in [-0.2, -0.15) is 0 Å². The molecule has 0 aromatic heterocycles. The van der Waals surface area contributed by atoms with Gasteiger partial charge in [-0.25, -0.2) is 0 Å². The van der Waals surface area contributed by atoms with Crippen molar-refractivity contribution in [1.29, 1.82) is 0 Å². The number of carbonyl (C=O) groups is 1. The number of benzene rings is 1. The molecule has 0 aliphatic rings. The molecule has 0 radical (unpaired) electrons. The summed E-state index contributed by atoms with van der Waals surface area (Å²) in [5.41, 5.74) is 0.757. The van der Waals surface area contributed by atoms with Gasteiger partial charge in [0.1, 0.15) is 23.3 Å². The van der Waals surface area contributed by atoms with Crippen molar-refractivity contribution in [3.05, 3.63) is 17.7 Å². The number of rotatable bonds is 8. The van der Waals surface area contributed by atoms with E-state index in [9.17, 15) is 9.90 Å². The monoisotopic (exact) mass is 297 g/mol. The Balaban J connectivity index is 3.03. The third-order valence-electron chi connectivity index (χ3n) is 3.25. The molecule has 0 heterocycles. The molecule has 1 unspecified atom stereocenters. The average Bonchev–Trinajstić information content (AvgIpc) is 2.46. The first-order valence-corrected chi connectivity index (χ1v) is 6.69. The highest BCUT2D eigenvalue weighted by molar-refractivity contribution is 5.73. The number of hydrogen-bond acceptors (Lipinski definition) is 5. The van der Waals surface area contributed by atoms with Crippen molar-refractivity contribution in [3.8, 4) is 17.2 Å². The predicted molar refractivity (Wildman–Crippen MR) is 79.2 cm³/mol. The Kier molecular flexibility index (Phi) is 6.30. The van der Waals surface area contributed by atoms with E-state index >= 15 is 0 Å². The maximum atomic E-state index is 11.2. The van der Waals surface area contributed by atoms with Crippen molar-refractivity contribution >= 4 is 5.97 Å². The molecule has 0 bridgehead atoms.